The summed E-state index contributed by atoms with van der Waals surface area (Å²) in [5, 5.41) is 4.19. The highest BCUT2D eigenvalue weighted by atomic mass is 16.5. The molecule has 0 saturated heterocycles. The first kappa shape index (κ1) is 21.5. The molecule has 1 heterocycles. The van der Waals surface area contributed by atoms with Crippen LogP contribution in [0.3, 0.4) is 0 Å². The van der Waals surface area contributed by atoms with Gasteiger partial charge in [0.1, 0.15) is 11.5 Å². The van der Waals surface area contributed by atoms with E-state index < -0.39 is 0 Å². The van der Waals surface area contributed by atoms with Crippen molar-refractivity contribution < 1.29 is 14.3 Å². The quantitative estimate of drug-likeness (QED) is 0.391. The topological polar surface area (TPSA) is 63.4 Å². The average molecular weight is 429 g/mol. The van der Waals surface area contributed by atoms with Crippen molar-refractivity contribution >= 4 is 16.8 Å². The molecular weight excluding hydrogens is 400 g/mol. The fourth-order valence-electron chi connectivity index (χ4n) is 3.86. The number of nitrogens with one attached hydrogen (secondary N) is 2. The number of methoxy groups -OCH3 is 1. The highest BCUT2D eigenvalue weighted by Crippen LogP contribution is 2.31. The number of ether oxygens (including phenoxy) is 2. The van der Waals surface area contributed by atoms with Gasteiger partial charge in [-0.3, -0.25) is 4.79 Å². The molecule has 5 heteroatoms. The minimum absolute atomic E-state index is 0.00940. The van der Waals surface area contributed by atoms with E-state index in [1.807, 2.05) is 66.9 Å². The minimum atomic E-state index is -0.150. The van der Waals surface area contributed by atoms with Gasteiger partial charge in [-0.1, -0.05) is 49.4 Å². The largest absolute Gasteiger partial charge is 0.497 e. The van der Waals surface area contributed by atoms with Gasteiger partial charge in [-0.15, -0.1) is 0 Å². The van der Waals surface area contributed by atoms with Crippen LogP contribution in [-0.4, -0.2) is 31.2 Å². The lowest BCUT2D eigenvalue weighted by Crippen LogP contribution is -2.32. The Balaban J connectivity index is 1.48. The van der Waals surface area contributed by atoms with Crippen molar-refractivity contribution in [1.29, 1.82) is 0 Å². The number of fused-ring (bicyclic) bond motifs is 1. The zero-order chi connectivity index (χ0) is 22.3. The third kappa shape index (κ3) is 4.94. The molecule has 4 rings (SSSR count). The van der Waals surface area contributed by atoms with E-state index in [1.54, 1.807) is 7.11 Å². The fraction of sp³-hybridized carbons (Fsp3) is 0.222. The van der Waals surface area contributed by atoms with Crippen LogP contribution in [0.15, 0.2) is 79.0 Å². The van der Waals surface area contributed by atoms with Crippen LogP contribution in [0.25, 0.3) is 10.9 Å². The Hall–Kier alpha value is -3.73. The van der Waals surface area contributed by atoms with Gasteiger partial charge in [-0.25, -0.2) is 0 Å². The van der Waals surface area contributed by atoms with Crippen LogP contribution in [0.4, 0.5) is 0 Å². The molecule has 1 aromatic heterocycles. The summed E-state index contributed by atoms with van der Waals surface area (Å²) < 4.78 is 11.0. The van der Waals surface area contributed by atoms with Crippen molar-refractivity contribution in [2.45, 2.75) is 19.3 Å². The van der Waals surface area contributed by atoms with Crippen molar-refractivity contribution in [2.75, 3.05) is 20.3 Å². The second kappa shape index (κ2) is 10.1. The van der Waals surface area contributed by atoms with Crippen LogP contribution < -0.4 is 14.8 Å². The van der Waals surface area contributed by atoms with E-state index in [9.17, 15) is 4.79 Å². The number of hydrogen-bond acceptors (Lipinski definition) is 3. The number of aromatic amines is 1. The number of para-hydroxylation sites is 1. The Morgan fingerprint density at radius 1 is 0.969 bits per heavy atom. The van der Waals surface area contributed by atoms with Gasteiger partial charge in [0, 0.05) is 29.6 Å². The van der Waals surface area contributed by atoms with E-state index in [1.165, 1.54) is 5.56 Å². The molecule has 0 aliphatic carbocycles. The van der Waals surface area contributed by atoms with Crippen molar-refractivity contribution in [3.8, 4) is 11.5 Å². The van der Waals surface area contributed by atoms with Crippen LogP contribution in [0.2, 0.25) is 0 Å². The van der Waals surface area contributed by atoms with E-state index >= 15 is 0 Å². The molecule has 1 amide bonds. The summed E-state index contributed by atoms with van der Waals surface area (Å²) in [7, 11) is 1.65. The minimum Gasteiger partial charge on any atom is -0.497 e. The second-order valence-corrected chi connectivity index (χ2v) is 7.71. The van der Waals surface area contributed by atoms with Crippen molar-refractivity contribution in [2.24, 2.45) is 0 Å². The zero-order valence-electron chi connectivity index (χ0n) is 18.4. The predicted octanol–water partition coefficient (Wildman–Crippen LogP) is 5.07. The van der Waals surface area contributed by atoms with E-state index in [0.29, 0.717) is 12.3 Å². The molecule has 32 heavy (non-hydrogen) atoms. The Bertz CT molecular complexity index is 1160. The van der Waals surface area contributed by atoms with E-state index in [2.05, 4.69) is 29.4 Å². The second-order valence-electron chi connectivity index (χ2n) is 7.71. The number of carbonyl (C=O) groups excluding carboxylic acids is 1. The summed E-state index contributed by atoms with van der Waals surface area (Å²) in [6.45, 7) is 2.55. The van der Waals surface area contributed by atoms with Gasteiger partial charge in [0.05, 0.1) is 7.11 Å². The average Bonchev–Trinajstić information content (AvgIpc) is 3.27. The van der Waals surface area contributed by atoms with E-state index in [0.717, 1.165) is 34.2 Å². The van der Waals surface area contributed by atoms with Gasteiger partial charge in [0.25, 0.3) is 5.91 Å². The zero-order valence-corrected chi connectivity index (χ0v) is 18.4. The molecule has 164 valence electrons. The molecule has 1 unspecified atom stereocenters. The number of rotatable bonds is 9. The van der Waals surface area contributed by atoms with Gasteiger partial charge in [0.15, 0.2) is 6.61 Å². The lowest BCUT2D eigenvalue weighted by Gasteiger charge is -2.19. The molecule has 1 atom stereocenters. The van der Waals surface area contributed by atoms with Gasteiger partial charge >= 0.3 is 0 Å². The van der Waals surface area contributed by atoms with Gasteiger partial charge in [-0.05, 0) is 53.4 Å². The van der Waals surface area contributed by atoms with Crippen molar-refractivity contribution in [3.05, 3.63) is 95.7 Å². The Morgan fingerprint density at radius 2 is 1.69 bits per heavy atom. The first-order valence-corrected chi connectivity index (χ1v) is 10.9. The third-order valence-electron chi connectivity index (χ3n) is 5.72. The molecule has 5 nitrogen and oxygen atoms in total. The summed E-state index contributed by atoms with van der Waals surface area (Å²) in [5.41, 5.74) is 4.56. The van der Waals surface area contributed by atoms with Gasteiger partial charge in [-0.2, -0.15) is 0 Å². The van der Waals surface area contributed by atoms with Crippen molar-refractivity contribution in [3.63, 3.8) is 0 Å². The highest BCUT2D eigenvalue weighted by molar-refractivity contribution is 5.84. The fourth-order valence-corrected chi connectivity index (χ4v) is 3.86. The van der Waals surface area contributed by atoms with E-state index in [4.69, 9.17) is 9.47 Å². The number of aromatic nitrogens is 1. The Morgan fingerprint density at radius 3 is 2.41 bits per heavy atom. The number of benzene rings is 3. The summed E-state index contributed by atoms with van der Waals surface area (Å²) in [6, 6.07) is 24.0. The molecule has 0 aliphatic rings. The molecule has 3 aromatic carbocycles. The van der Waals surface area contributed by atoms with Crippen LogP contribution >= 0.6 is 0 Å². The first-order chi connectivity index (χ1) is 15.7. The molecule has 0 bridgehead atoms. The summed E-state index contributed by atoms with van der Waals surface area (Å²) in [5.74, 6) is 1.34. The van der Waals surface area contributed by atoms with E-state index in [-0.39, 0.29) is 18.4 Å². The number of aryl methyl sites for hydroxylation is 1. The summed E-state index contributed by atoms with van der Waals surface area (Å²) >= 11 is 0. The molecule has 0 spiro atoms. The van der Waals surface area contributed by atoms with Crippen molar-refractivity contribution in [1.82, 2.24) is 10.3 Å². The summed E-state index contributed by atoms with van der Waals surface area (Å²) in [4.78, 5) is 15.9. The van der Waals surface area contributed by atoms with Gasteiger partial charge in [0.2, 0.25) is 0 Å². The molecule has 4 aromatic rings. The molecule has 0 radical (unpaired) electrons. The maximum Gasteiger partial charge on any atom is 0.257 e. The number of carbonyl (C=O) groups is 1. The van der Waals surface area contributed by atoms with Gasteiger partial charge < -0.3 is 19.8 Å². The number of hydrogen-bond donors (Lipinski definition) is 2. The normalized spacial score (nSPS) is 11.8. The lowest BCUT2D eigenvalue weighted by molar-refractivity contribution is -0.123. The maximum atomic E-state index is 12.5. The van der Waals surface area contributed by atoms with Crippen LogP contribution in [0, 0.1) is 0 Å². The van der Waals surface area contributed by atoms with Crippen LogP contribution in [-0.2, 0) is 11.2 Å². The number of amides is 1. The highest BCUT2D eigenvalue weighted by Gasteiger charge is 2.19. The monoisotopic (exact) mass is 428 g/mol. The molecule has 0 fully saturated rings. The number of H-pyrrole nitrogens is 1. The molecule has 0 aliphatic heterocycles. The van der Waals surface area contributed by atoms with Crippen LogP contribution in [0.1, 0.15) is 29.5 Å². The summed E-state index contributed by atoms with van der Waals surface area (Å²) in [6.07, 6.45) is 3.00. The predicted molar refractivity (Wildman–Crippen MR) is 127 cm³/mol. The lowest BCUT2D eigenvalue weighted by atomic mass is 9.91. The maximum absolute atomic E-state index is 12.5. The smallest absolute Gasteiger partial charge is 0.257 e. The third-order valence-corrected chi connectivity index (χ3v) is 5.72. The first-order valence-electron chi connectivity index (χ1n) is 10.9. The molecule has 0 saturated carbocycles. The standard InChI is InChI=1S/C27H28N2O3/c1-3-19-8-12-22(13-9-19)32-18-27(30)29-16-24(20-10-14-21(31-2)15-11-20)25-17-28-26-7-5-4-6-23(25)26/h4-15,17,24,28H,3,16,18H2,1-2H3,(H,29,30). The molecule has 2 N–H and O–H groups in total. The Labute approximate surface area is 188 Å². The SMILES string of the molecule is CCc1ccc(OCC(=O)NCC(c2ccc(OC)cc2)c2c[nH]c3ccccc23)cc1. The van der Waals surface area contributed by atoms with Crippen LogP contribution in [0.5, 0.6) is 11.5 Å². The molecular formula is C27H28N2O3. The Kier molecular flexibility index (Phi) is 6.75.